The van der Waals surface area contributed by atoms with Crippen molar-refractivity contribution in [1.29, 1.82) is 0 Å². The third kappa shape index (κ3) is 5.22. The summed E-state index contributed by atoms with van der Waals surface area (Å²) in [5.41, 5.74) is 1.94. The van der Waals surface area contributed by atoms with Crippen LogP contribution in [0.4, 0.5) is 11.4 Å². The van der Waals surface area contributed by atoms with Gasteiger partial charge in [-0.05, 0) is 44.0 Å². The lowest BCUT2D eigenvalue weighted by atomic mass is 9.95. The lowest BCUT2D eigenvalue weighted by molar-refractivity contribution is -0.123. The molecule has 1 saturated heterocycles. The molecular weight excluding hydrogens is 314 g/mol. The number of aryl methyl sites for hydroxylation is 1. The first kappa shape index (κ1) is 19.5. The van der Waals surface area contributed by atoms with Crippen LogP contribution in [0.1, 0.15) is 39.2 Å². The summed E-state index contributed by atoms with van der Waals surface area (Å²) in [6.07, 6.45) is 1.89. The Kier molecular flexibility index (Phi) is 6.59. The van der Waals surface area contributed by atoms with Gasteiger partial charge in [-0.1, -0.05) is 26.8 Å². The van der Waals surface area contributed by atoms with Gasteiger partial charge < -0.3 is 16.0 Å². The number of nitrogens with one attached hydrogen (secondary N) is 3. The Hall–Kier alpha value is -1.59. The Bertz CT molecular complexity index is 576. The van der Waals surface area contributed by atoms with Gasteiger partial charge in [0.2, 0.25) is 11.8 Å². The van der Waals surface area contributed by atoms with Crippen LogP contribution in [0, 0.1) is 12.3 Å². The minimum atomic E-state index is -0.459. The second-order valence-electron chi connectivity index (χ2n) is 6.87. The molecule has 1 aromatic rings. The zero-order chi connectivity index (χ0) is 16.3. The summed E-state index contributed by atoms with van der Waals surface area (Å²) in [5, 5.41) is 9.01. The summed E-state index contributed by atoms with van der Waals surface area (Å²) in [6, 6.07) is 5.45. The highest BCUT2D eigenvalue weighted by molar-refractivity contribution is 5.98. The SMILES string of the molecule is Cc1ccc(NC(=O)C2CCCN2)cc1NC(=O)C(C)(C)C.Cl. The van der Waals surface area contributed by atoms with Crippen LogP contribution in [-0.2, 0) is 9.59 Å². The monoisotopic (exact) mass is 339 g/mol. The van der Waals surface area contributed by atoms with E-state index in [1.807, 2.05) is 45.9 Å². The van der Waals surface area contributed by atoms with Crippen LogP contribution < -0.4 is 16.0 Å². The third-order valence-electron chi connectivity index (χ3n) is 3.81. The van der Waals surface area contributed by atoms with Gasteiger partial charge in [0.1, 0.15) is 0 Å². The van der Waals surface area contributed by atoms with Crippen LogP contribution in [0.15, 0.2) is 18.2 Å². The molecule has 0 radical (unpaired) electrons. The number of amides is 2. The maximum Gasteiger partial charge on any atom is 0.241 e. The van der Waals surface area contributed by atoms with Crippen molar-refractivity contribution >= 4 is 35.6 Å². The van der Waals surface area contributed by atoms with Gasteiger partial charge in [0.15, 0.2) is 0 Å². The van der Waals surface area contributed by atoms with E-state index >= 15 is 0 Å². The molecule has 1 aromatic carbocycles. The summed E-state index contributed by atoms with van der Waals surface area (Å²) in [7, 11) is 0. The number of carbonyl (C=O) groups excluding carboxylic acids is 2. The van der Waals surface area contributed by atoms with E-state index in [4.69, 9.17) is 0 Å². The van der Waals surface area contributed by atoms with Crippen molar-refractivity contribution in [3.05, 3.63) is 23.8 Å². The van der Waals surface area contributed by atoms with Crippen molar-refractivity contribution in [2.75, 3.05) is 17.2 Å². The Labute approximate surface area is 144 Å². The Morgan fingerprint density at radius 2 is 1.91 bits per heavy atom. The molecule has 3 N–H and O–H groups in total. The summed E-state index contributed by atoms with van der Waals surface area (Å²) >= 11 is 0. The van der Waals surface area contributed by atoms with Gasteiger partial charge in [-0.3, -0.25) is 9.59 Å². The molecule has 128 valence electrons. The topological polar surface area (TPSA) is 70.2 Å². The minimum Gasteiger partial charge on any atom is -0.325 e. The van der Waals surface area contributed by atoms with Crippen LogP contribution in [-0.4, -0.2) is 24.4 Å². The molecule has 0 aliphatic carbocycles. The van der Waals surface area contributed by atoms with Crippen LogP contribution in [0.2, 0.25) is 0 Å². The first-order valence-corrected chi connectivity index (χ1v) is 7.74. The quantitative estimate of drug-likeness (QED) is 0.792. The first-order chi connectivity index (χ1) is 10.3. The summed E-state index contributed by atoms with van der Waals surface area (Å²) < 4.78 is 0. The second kappa shape index (κ2) is 7.79. The Morgan fingerprint density at radius 1 is 1.22 bits per heavy atom. The molecule has 1 heterocycles. The van der Waals surface area contributed by atoms with Gasteiger partial charge in [-0.15, -0.1) is 12.4 Å². The summed E-state index contributed by atoms with van der Waals surface area (Å²) in [6.45, 7) is 8.43. The molecule has 1 aliphatic heterocycles. The van der Waals surface area contributed by atoms with Gasteiger partial charge in [0.25, 0.3) is 0 Å². The highest BCUT2D eigenvalue weighted by Gasteiger charge is 2.23. The van der Waals surface area contributed by atoms with E-state index in [1.54, 1.807) is 0 Å². The van der Waals surface area contributed by atoms with Crippen molar-refractivity contribution in [3.8, 4) is 0 Å². The normalized spacial score (nSPS) is 17.3. The smallest absolute Gasteiger partial charge is 0.241 e. The largest absolute Gasteiger partial charge is 0.325 e. The van der Waals surface area contributed by atoms with E-state index in [0.717, 1.165) is 30.6 Å². The molecule has 1 unspecified atom stereocenters. The Morgan fingerprint density at radius 3 is 2.48 bits per heavy atom. The average Bonchev–Trinajstić information content (AvgIpc) is 2.95. The average molecular weight is 340 g/mol. The highest BCUT2D eigenvalue weighted by atomic mass is 35.5. The fraction of sp³-hybridized carbons (Fsp3) is 0.529. The highest BCUT2D eigenvalue weighted by Crippen LogP contribution is 2.24. The molecule has 1 atom stereocenters. The van der Waals surface area contributed by atoms with Crippen LogP contribution in [0.5, 0.6) is 0 Å². The van der Waals surface area contributed by atoms with E-state index < -0.39 is 5.41 Å². The van der Waals surface area contributed by atoms with Crippen molar-refractivity contribution in [2.45, 2.75) is 46.6 Å². The number of benzene rings is 1. The van der Waals surface area contributed by atoms with E-state index in [1.165, 1.54) is 0 Å². The molecule has 2 rings (SSSR count). The zero-order valence-corrected chi connectivity index (χ0v) is 15.0. The second-order valence-corrected chi connectivity index (χ2v) is 6.87. The van der Waals surface area contributed by atoms with E-state index in [0.29, 0.717) is 5.69 Å². The number of halogens is 1. The van der Waals surface area contributed by atoms with Crippen molar-refractivity contribution in [2.24, 2.45) is 5.41 Å². The van der Waals surface area contributed by atoms with E-state index in [2.05, 4.69) is 16.0 Å². The summed E-state index contributed by atoms with van der Waals surface area (Å²) in [4.78, 5) is 24.3. The molecule has 23 heavy (non-hydrogen) atoms. The van der Waals surface area contributed by atoms with E-state index in [9.17, 15) is 9.59 Å². The predicted molar refractivity (Wildman–Crippen MR) is 96.2 cm³/mol. The van der Waals surface area contributed by atoms with Gasteiger partial charge >= 0.3 is 0 Å². The van der Waals surface area contributed by atoms with E-state index in [-0.39, 0.29) is 30.3 Å². The zero-order valence-electron chi connectivity index (χ0n) is 14.2. The molecule has 2 amide bonds. The number of carbonyl (C=O) groups is 2. The molecule has 5 nitrogen and oxygen atoms in total. The third-order valence-corrected chi connectivity index (χ3v) is 3.81. The van der Waals surface area contributed by atoms with Crippen LogP contribution >= 0.6 is 12.4 Å². The number of hydrogen-bond donors (Lipinski definition) is 3. The number of hydrogen-bond acceptors (Lipinski definition) is 3. The lowest BCUT2D eigenvalue weighted by Gasteiger charge is -2.19. The van der Waals surface area contributed by atoms with Crippen molar-refractivity contribution < 1.29 is 9.59 Å². The van der Waals surface area contributed by atoms with Gasteiger partial charge in [-0.2, -0.15) is 0 Å². The lowest BCUT2D eigenvalue weighted by Crippen LogP contribution is -2.35. The number of rotatable bonds is 3. The Balaban J connectivity index is 0.00000264. The molecule has 0 aromatic heterocycles. The molecule has 1 aliphatic rings. The van der Waals surface area contributed by atoms with Gasteiger partial charge in [0, 0.05) is 16.8 Å². The molecule has 1 fully saturated rings. The predicted octanol–water partition coefficient (Wildman–Crippen LogP) is 3.09. The van der Waals surface area contributed by atoms with Crippen molar-refractivity contribution in [1.82, 2.24) is 5.32 Å². The minimum absolute atomic E-state index is 0. The maximum atomic E-state index is 12.1. The summed E-state index contributed by atoms with van der Waals surface area (Å²) in [5.74, 6) is -0.0639. The maximum absolute atomic E-state index is 12.1. The number of anilines is 2. The van der Waals surface area contributed by atoms with Gasteiger partial charge in [-0.25, -0.2) is 0 Å². The van der Waals surface area contributed by atoms with Gasteiger partial charge in [0.05, 0.1) is 6.04 Å². The molecule has 6 heteroatoms. The fourth-order valence-corrected chi connectivity index (χ4v) is 2.28. The fourth-order valence-electron chi connectivity index (χ4n) is 2.28. The molecule has 0 spiro atoms. The van der Waals surface area contributed by atoms with Crippen LogP contribution in [0.25, 0.3) is 0 Å². The standard InChI is InChI=1S/C17H25N3O2.ClH/c1-11-7-8-12(19-15(21)13-6-5-9-18-13)10-14(11)20-16(22)17(2,3)4;/h7-8,10,13,18H,5-6,9H2,1-4H3,(H,19,21)(H,20,22);1H. The van der Waals surface area contributed by atoms with Crippen molar-refractivity contribution in [3.63, 3.8) is 0 Å². The molecule has 0 bridgehead atoms. The first-order valence-electron chi connectivity index (χ1n) is 7.74. The molecular formula is C17H26ClN3O2. The van der Waals surface area contributed by atoms with Crippen LogP contribution in [0.3, 0.4) is 0 Å². The molecule has 0 saturated carbocycles.